The molecule has 1 aromatic rings. The van der Waals surface area contributed by atoms with Crippen molar-refractivity contribution in [1.29, 1.82) is 0 Å². The Kier molecular flexibility index (Phi) is 5.33. The summed E-state index contributed by atoms with van der Waals surface area (Å²) >= 11 is 0. The lowest BCUT2D eigenvalue weighted by Crippen LogP contribution is -2.38. The zero-order valence-electron chi connectivity index (χ0n) is 11.1. The molecule has 0 radical (unpaired) electrons. The van der Waals surface area contributed by atoms with Crippen LogP contribution in [0.15, 0.2) is 24.3 Å². The van der Waals surface area contributed by atoms with Crippen LogP contribution < -0.4 is 10.6 Å². The van der Waals surface area contributed by atoms with Crippen LogP contribution >= 0.6 is 0 Å². The van der Waals surface area contributed by atoms with Gasteiger partial charge in [-0.3, -0.25) is 4.79 Å². The van der Waals surface area contributed by atoms with Crippen molar-refractivity contribution in [2.45, 2.75) is 25.7 Å². The largest absolute Gasteiger partial charge is 0.356 e. The van der Waals surface area contributed by atoms with Gasteiger partial charge in [0.15, 0.2) is 0 Å². The number of amides is 1. The third kappa shape index (κ3) is 4.99. The Morgan fingerprint density at radius 2 is 2.37 bits per heavy atom. The molecule has 2 rings (SSSR count). The molecule has 0 spiro atoms. The Morgan fingerprint density at radius 1 is 1.47 bits per heavy atom. The zero-order chi connectivity index (χ0) is 13.5. The van der Waals surface area contributed by atoms with Gasteiger partial charge in [0.1, 0.15) is 5.82 Å². The molecule has 19 heavy (non-hydrogen) atoms. The smallest absolute Gasteiger partial charge is 0.220 e. The van der Waals surface area contributed by atoms with Crippen molar-refractivity contribution in [1.82, 2.24) is 10.6 Å². The molecule has 0 aliphatic carbocycles. The molecule has 1 heterocycles. The van der Waals surface area contributed by atoms with E-state index in [0.29, 0.717) is 18.8 Å². The molecule has 1 aliphatic heterocycles. The Bertz CT molecular complexity index is 416. The molecule has 1 saturated heterocycles. The second-order valence-electron chi connectivity index (χ2n) is 5.15. The van der Waals surface area contributed by atoms with Crippen molar-refractivity contribution in [2.24, 2.45) is 5.92 Å². The molecule has 1 atom stereocenters. The summed E-state index contributed by atoms with van der Waals surface area (Å²) in [5, 5.41) is 6.29. The minimum absolute atomic E-state index is 0.0508. The molecule has 2 N–H and O–H groups in total. The van der Waals surface area contributed by atoms with E-state index in [2.05, 4.69) is 10.6 Å². The molecule has 3 nitrogen and oxygen atoms in total. The number of benzene rings is 1. The van der Waals surface area contributed by atoms with Crippen LogP contribution in [-0.2, 0) is 11.2 Å². The van der Waals surface area contributed by atoms with Crippen LogP contribution in [0.3, 0.4) is 0 Å². The highest BCUT2D eigenvalue weighted by Crippen LogP contribution is 2.09. The Balaban J connectivity index is 1.66. The van der Waals surface area contributed by atoms with E-state index >= 15 is 0 Å². The van der Waals surface area contributed by atoms with Crippen molar-refractivity contribution in [3.05, 3.63) is 35.6 Å². The van der Waals surface area contributed by atoms with E-state index in [4.69, 9.17) is 0 Å². The lowest BCUT2D eigenvalue weighted by Gasteiger charge is -2.22. The summed E-state index contributed by atoms with van der Waals surface area (Å²) in [6.45, 7) is 2.82. The van der Waals surface area contributed by atoms with E-state index in [0.717, 1.165) is 25.2 Å². The van der Waals surface area contributed by atoms with Gasteiger partial charge < -0.3 is 10.6 Å². The predicted molar refractivity (Wildman–Crippen MR) is 73.3 cm³/mol. The van der Waals surface area contributed by atoms with Gasteiger partial charge in [0.2, 0.25) is 5.91 Å². The molecule has 4 heteroatoms. The summed E-state index contributed by atoms with van der Waals surface area (Å²) in [7, 11) is 0. The van der Waals surface area contributed by atoms with Crippen LogP contribution in [0, 0.1) is 11.7 Å². The normalized spacial score (nSPS) is 19.1. The third-order valence-electron chi connectivity index (χ3n) is 3.52. The van der Waals surface area contributed by atoms with Gasteiger partial charge in [-0.15, -0.1) is 0 Å². The van der Waals surface area contributed by atoms with E-state index in [1.54, 1.807) is 6.07 Å². The van der Waals surface area contributed by atoms with Crippen LogP contribution in [0.2, 0.25) is 0 Å². The van der Waals surface area contributed by atoms with Gasteiger partial charge in [0.05, 0.1) is 0 Å². The average Bonchev–Trinajstić information content (AvgIpc) is 2.44. The predicted octanol–water partition coefficient (Wildman–Crippen LogP) is 1.87. The van der Waals surface area contributed by atoms with Crippen molar-refractivity contribution in [2.75, 3.05) is 19.6 Å². The van der Waals surface area contributed by atoms with E-state index in [9.17, 15) is 9.18 Å². The fourth-order valence-corrected chi connectivity index (χ4v) is 2.40. The highest BCUT2D eigenvalue weighted by Gasteiger charge is 2.13. The number of aryl methyl sites for hydroxylation is 1. The molecule has 1 aromatic carbocycles. The number of carbonyl (C=O) groups excluding carboxylic acids is 1. The lowest BCUT2D eigenvalue weighted by atomic mass is 10.00. The fourth-order valence-electron chi connectivity index (χ4n) is 2.40. The highest BCUT2D eigenvalue weighted by atomic mass is 19.1. The first kappa shape index (κ1) is 14.0. The maximum atomic E-state index is 13.0. The standard InChI is InChI=1S/C15H21FN2O/c16-14-5-1-3-12(9-14)6-7-15(19)18-11-13-4-2-8-17-10-13/h1,3,5,9,13,17H,2,4,6-8,10-11H2,(H,18,19)/t13-/m0/s1. The first-order valence-electron chi connectivity index (χ1n) is 6.96. The van der Waals surface area contributed by atoms with Crippen LogP contribution in [0.5, 0.6) is 0 Å². The number of piperidine rings is 1. The number of nitrogens with one attached hydrogen (secondary N) is 2. The van der Waals surface area contributed by atoms with Gasteiger partial charge in [0, 0.05) is 13.0 Å². The zero-order valence-corrected chi connectivity index (χ0v) is 11.1. The van der Waals surface area contributed by atoms with E-state index in [1.807, 2.05) is 6.07 Å². The van der Waals surface area contributed by atoms with Gasteiger partial charge >= 0.3 is 0 Å². The molecule has 0 unspecified atom stereocenters. The monoisotopic (exact) mass is 264 g/mol. The van der Waals surface area contributed by atoms with Gasteiger partial charge in [-0.1, -0.05) is 12.1 Å². The van der Waals surface area contributed by atoms with Gasteiger partial charge in [-0.2, -0.15) is 0 Å². The molecular weight excluding hydrogens is 243 g/mol. The number of hydrogen-bond acceptors (Lipinski definition) is 2. The Labute approximate surface area is 113 Å². The van der Waals surface area contributed by atoms with Gasteiger partial charge in [-0.25, -0.2) is 4.39 Å². The summed E-state index contributed by atoms with van der Waals surface area (Å²) in [5.74, 6) is 0.355. The van der Waals surface area contributed by atoms with Crippen molar-refractivity contribution >= 4 is 5.91 Å². The quantitative estimate of drug-likeness (QED) is 0.852. The average molecular weight is 264 g/mol. The maximum absolute atomic E-state index is 13.0. The van der Waals surface area contributed by atoms with Crippen molar-refractivity contribution in [3.63, 3.8) is 0 Å². The molecule has 1 amide bonds. The van der Waals surface area contributed by atoms with Gasteiger partial charge in [0.25, 0.3) is 0 Å². The second-order valence-corrected chi connectivity index (χ2v) is 5.15. The van der Waals surface area contributed by atoms with E-state index < -0.39 is 0 Å². The highest BCUT2D eigenvalue weighted by molar-refractivity contribution is 5.76. The van der Waals surface area contributed by atoms with Crippen LogP contribution in [0.1, 0.15) is 24.8 Å². The second kappa shape index (κ2) is 7.24. The molecule has 1 fully saturated rings. The third-order valence-corrected chi connectivity index (χ3v) is 3.52. The first-order chi connectivity index (χ1) is 9.24. The Hall–Kier alpha value is -1.42. The van der Waals surface area contributed by atoms with Crippen LogP contribution in [0.4, 0.5) is 4.39 Å². The van der Waals surface area contributed by atoms with Crippen molar-refractivity contribution in [3.8, 4) is 0 Å². The van der Waals surface area contributed by atoms with E-state index in [1.165, 1.54) is 25.0 Å². The summed E-state index contributed by atoms with van der Waals surface area (Å²) in [6, 6.07) is 6.43. The van der Waals surface area contributed by atoms with Crippen LogP contribution in [-0.4, -0.2) is 25.5 Å². The fraction of sp³-hybridized carbons (Fsp3) is 0.533. The van der Waals surface area contributed by atoms with E-state index in [-0.39, 0.29) is 11.7 Å². The summed E-state index contributed by atoms with van der Waals surface area (Å²) in [5.41, 5.74) is 0.870. The van der Waals surface area contributed by atoms with Gasteiger partial charge in [-0.05, 0) is 56.0 Å². The maximum Gasteiger partial charge on any atom is 0.220 e. The minimum Gasteiger partial charge on any atom is -0.356 e. The SMILES string of the molecule is O=C(CCc1cccc(F)c1)NC[C@H]1CCCNC1. The number of halogens is 1. The molecule has 0 aromatic heterocycles. The number of rotatable bonds is 5. The number of hydrogen-bond donors (Lipinski definition) is 2. The summed E-state index contributed by atoms with van der Waals surface area (Å²) in [4.78, 5) is 11.7. The molecular formula is C15H21FN2O. The minimum atomic E-state index is -0.244. The Morgan fingerprint density at radius 3 is 3.11 bits per heavy atom. The first-order valence-corrected chi connectivity index (χ1v) is 6.96. The lowest BCUT2D eigenvalue weighted by molar-refractivity contribution is -0.121. The molecule has 0 saturated carbocycles. The van der Waals surface area contributed by atoms with Crippen molar-refractivity contribution < 1.29 is 9.18 Å². The van der Waals surface area contributed by atoms with Crippen LogP contribution in [0.25, 0.3) is 0 Å². The molecule has 0 bridgehead atoms. The molecule has 104 valence electrons. The number of carbonyl (C=O) groups is 1. The summed E-state index contributed by atoms with van der Waals surface area (Å²) in [6.07, 6.45) is 3.37. The summed E-state index contributed by atoms with van der Waals surface area (Å²) < 4.78 is 13.0. The molecule has 1 aliphatic rings. The topological polar surface area (TPSA) is 41.1 Å².